The van der Waals surface area contributed by atoms with Crippen molar-refractivity contribution in [1.29, 1.82) is 0 Å². The van der Waals surface area contributed by atoms with Crippen LogP contribution in [0, 0.1) is 12.8 Å². The first kappa shape index (κ1) is 21.9. The van der Waals surface area contributed by atoms with E-state index < -0.39 is 0 Å². The van der Waals surface area contributed by atoms with Gasteiger partial charge in [0.25, 0.3) is 0 Å². The van der Waals surface area contributed by atoms with Crippen molar-refractivity contribution in [2.45, 2.75) is 25.7 Å². The standard InChI is InChI=1S/C32H26ClNO/c1-20-8-7-11-27(31(20)33)32(35)22-18-28-25-14-13-21-9-4-5-10-23(21)24(25)15-16-26(28)29(19-22)30-12-3-2-6-17-34-30/h2-12,14-18,22,29,34H,13,19H2,1H3. The second kappa shape index (κ2) is 8.87. The number of hydrogen-bond acceptors (Lipinski definition) is 2. The second-order valence-electron chi connectivity index (χ2n) is 9.47. The lowest BCUT2D eigenvalue weighted by Crippen LogP contribution is -2.40. The number of carbonyl (C=O) groups excluding carboxylic acids is 1. The Morgan fingerprint density at radius 3 is 2.74 bits per heavy atom. The van der Waals surface area contributed by atoms with Gasteiger partial charge in [-0.2, -0.15) is 0 Å². The Morgan fingerprint density at radius 1 is 0.943 bits per heavy atom. The zero-order valence-electron chi connectivity index (χ0n) is 19.6. The molecular formula is C32H26ClNO. The fraction of sp³-hybridized carbons (Fsp3) is 0.156. The van der Waals surface area contributed by atoms with E-state index in [9.17, 15) is 4.79 Å². The number of hydrogen-bond donors (Lipinski definition) is 1. The van der Waals surface area contributed by atoms with Crippen molar-refractivity contribution in [3.05, 3.63) is 129 Å². The van der Waals surface area contributed by atoms with Gasteiger partial charge in [-0.3, -0.25) is 4.79 Å². The first-order valence-corrected chi connectivity index (χ1v) is 12.5. The first-order valence-electron chi connectivity index (χ1n) is 12.1. The van der Waals surface area contributed by atoms with Gasteiger partial charge in [0, 0.05) is 29.3 Å². The van der Waals surface area contributed by atoms with E-state index in [2.05, 4.69) is 66.0 Å². The highest BCUT2D eigenvalue weighted by Crippen LogP contribution is 2.36. The minimum atomic E-state index is -0.261. The molecule has 2 nitrogen and oxygen atoms in total. The maximum atomic E-state index is 13.9. The maximum absolute atomic E-state index is 13.9. The summed E-state index contributed by atoms with van der Waals surface area (Å²) in [5, 5.41) is 6.43. The van der Waals surface area contributed by atoms with Gasteiger partial charge in [-0.05, 0) is 76.2 Å². The van der Waals surface area contributed by atoms with Crippen molar-refractivity contribution >= 4 is 29.5 Å². The van der Waals surface area contributed by atoms with Crippen molar-refractivity contribution in [3.8, 4) is 11.1 Å². The number of ketones is 1. The molecule has 2 atom stereocenters. The molecule has 0 aromatic heterocycles. The van der Waals surface area contributed by atoms with Crippen molar-refractivity contribution in [3.63, 3.8) is 0 Å². The Bertz CT molecular complexity index is 1570. The SMILES string of the molecule is Cc1cccc(C(=O)C2C=c3c(ccc4c3=CCc3ccccc3-4)C(C3=CC=CC=CN3)C2)c1Cl. The van der Waals surface area contributed by atoms with E-state index in [1.54, 1.807) is 0 Å². The Kier molecular flexibility index (Phi) is 5.54. The normalized spacial score (nSPS) is 19.7. The summed E-state index contributed by atoms with van der Waals surface area (Å²) < 4.78 is 0. The Hall–Kier alpha value is -3.62. The smallest absolute Gasteiger partial charge is 0.171 e. The lowest BCUT2D eigenvalue weighted by atomic mass is 9.75. The number of carbonyl (C=O) groups is 1. The molecule has 3 heteroatoms. The number of aryl methyl sites for hydroxylation is 1. The molecule has 35 heavy (non-hydrogen) atoms. The second-order valence-corrected chi connectivity index (χ2v) is 9.85. The summed E-state index contributed by atoms with van der Waals surface area (Å²) >= 11 is 6.60. The van der Waals surface area contributed by atoms with Crippen LogP contribution < -0.4 is 15.8 Å². The van der Waals surface area contributed by atoms with Crippen LogP contribution in [-0.4, -0.2) is 5.78 Å². The van der Waals surface area contributed by atoms with Gasteiger partial charge >= 0.3 is 0 Å². The largest absolute Gasteiger partial charge is 0.364 e. The summed E-state index contributed by atoms with van der Waals surface area (Å²) in [6.45, 7) is 1.95. The van der Waals surface area contributed by atoms with Gasteiger partial charge in [-0.1, -0.05) is 84.4 Å². The maximum Gasteiger partial charge on any atom is 0.171 e. The molecule has 2 aliphatic carbocycles. The fourth-order valence-electron chi connectivity index (χ4n) is 5.62. The zero-order chi connectivity index (χ0) is 23.9. The predicted molar refractivity (Wildman–Crippen MR) is 145 cm³/mol. The third-order valence-electron chi connectivity index (χ3n) is 7.40. The van der Waals surface area contributed by atoms with Crippen LogP contribution in [0.1, 0.15) is 39.4 Å². The number of fused-ring (bicyclic) bond motifs is 5. The van der Waals surface area contributed by atoms with Gasteiger partial charge in [0.05, 0.1) is 5.02 Å². The molecule has 172 valence electrons. The Balaban J connectivity index is 1.56. The van der Waals surface area contributed by atoms with Crippen LogP contribution in [0.15, 0.2) is 90.8 Å². The van der Waals surface area contributed by atoms with E-state index in [4.69, 9.17) is 11.6 Å². The monoisotopic (exact) mass is 475 g/mol. The molecule has 2 unspecified atom stereocenters. The lowest BCUT2D eigenvalue weighted by molar-refractivity contribution is 0.0944. The molecule has 0 bridgehead atoms. The average molecular weight is 476 g/mol. The van der Waals surface area contributed by atoms with Crippen LogP contribution in [0.3, 0.4) is 0 Å². The summed E-state index contributed by atoms with van der Waals surface area (Å²) in [7, 11) is 0. The number of benzene rings is 3. The predicted octanol–water partition coefficient (Wildman–Crippen LogP) is 5.98. The van der Waals surface area contributed by atoms with E-state index in [0.29, 0.717) is 17.0 Å². The molecule has 3 aliphatic rings. The Labute approximate surface area is 210 Å². The molecule has 1 N–H and O–H groups in total. The van der Waals surface area contributed by atoms with Crippen LogP contribution in [0.5, 0.6) is 0 Å². The molecule has 0 fully saturated rings. The number of nitrogens with one attached hydrogen (secondary N) is 1. The van der Waals surface area contributed by atoms with Gasteiger partial charge in [0.15, 0.2) is 5.78 Å². The minimum absolute atomic E-state index is 0.0794. The van der Waals surface area contributed by atoms with Crippen LogP contribution in [-0.2, 0) is 6.42 Å². The number of halogens is 1. The molecule has 1 heterocycles. The quantitative estimate of drug-likeness (QED) is 0.472. The van der Waals surface area contributed by atoms with E-state index >= 15 is 0 Å². The zero-order valence-corrected chi connectivity index (χ0v) is 20.3. The highest BCUT2D eigenvalue weighted by Gasteiger charge is 2.31. The number of Topliss-reactive ketones (excluding diaryl/α,β-unsaturated/α-hetero) is 1. The van der Waals surface area contributed by atoms with Crippen molar-refractivity contribution in [2.75, 3.05) is 0 Å². The third kappa shape index (κ3) is 3.79. The third-order valence-corrected chi connectivity index (χ3v) is 7.90. The topological polar surface area (TPSA) is 29.1 Å². The van der Waals surface area contributed by atoms with E-state index in [-0.39, 0.29) is 17.6 Å². The molecular weight excluding hydrogens is 450 g/mol. The lowest BCUT2D eigenvalue weighted by Gasteiger charge is -2.30. The molecule has 3 aromatic carbocycles. The van der Waals surface area contributed by atoms with E-state index in [1.807, 2.05) is 43.5 Å². The van der Waals surface area contributed by atoms with E-state index in [0.717, 1.165) is 17.7 Å². The van der Waals surface area contributed by atoms with Crippen molar-refractivity contribution in [2.24, 2.45) is 5.92 Å². The van der Waals surface area contributed by atoms with Gasteiger partial charge in [0.1, 0.15) is 0 Å². The van der Waals surface area contributed by atoms with Gasteiger partial charge in [-0.15, -0.1) is 0 Å². The van der Waals surface area contributed by atoms with Crippen LogP contribution in [0.4, 0.5) is 0 Å². The van der Waals surface area contributed by atoms with Crippen molar-refractivity contribution in [1.82, 2.24) is 5.32 Å². The molecule has 0 radical (unpaired) electrons. The summed E-state index contributed by atoms with van der Waals surface area (Å²) in [5.41, 5.74) is 7.77. The number of rotatable bonds is 3. The highest BCUT2D eigenvalue weighted by atomic mass is 35.5. The summed E-state index contributed by atoms with van der Waals surface area (Å²) in [6, 6.07) is 18.8. The summed E-state index contributed by atoms with van der Waals surface area (Å²) in [4.78, 5) is 13.9. The molecule has 0 saturated carbocycles. The summed E-state index contributed by atoms with van der Waals surface area (Å²) in [5.74, 6) is -0.0953. The first-order chi connectivity index (χ1) is 17.1. The van der Waals surface area contributed by atoms with Gasteiger partial charge < -0.3 is 5.32 Å². The molecule has 0 spiro atoms. The molecule has 0 saturated heterocycles. The number of allylic oxidation sites excluding steroid dienone is 5. The molecule has 0 amide bonds. The molecule has 1 aliphatic heterocycles. The average Bonchev–Trinajstić information content (AvgIpc) is 3.18. The van der Waals surface area contributed by atoms with E-state index in [1.165, 1.54) is 32.7 Å². The highest BCUT2D eigenvalue weighted by molar-refractivity contribution is 6.35. The van der Waals surface area contributed by atoms with Crippen molar-refractivity contribution < 1.29 is 4.79 Å². The Morgan fingerprint density at radius 2 is 1.83 bits per heavy atom. The fourth-order valence-corrected chi connectivity index (χ4v) is 5.84. The van der Waals surface area contributed by atoms with Crippen LogP contribution in [0.25, 0.3) is 23.3 Å². The molecule has 6 rings (SSSR count). The van der Waals surface area contributed by atoms with Crippen LogP contribution >= 0.6 is 11.6 Å². The summed E-state index contributed by atoms with van der Waals surface area (Å²) in [6.07, 6.45) is 16.3. The van der Waals surface area contributed by atoms with Gasteiger partial charge in [0.2, 0.25) is 0 Å². The van der Waals surface area contributed by atoms with Gasteiger partial charge in [-0.25, -0.2) is 0 Å². The minimum Gasteiger partial charge on any atom is -0.364 e. The van der Waals surface area contributed by atoms with Crippen LogP contribution in [0.2, 0.25) is 5.02 Å². The molecule has 3 aromatic rings.